The van der Waals surface area contributed by atoms with Crippen LogP contribution in [0.3, 0.4) is 0 Å². The van der Waals surface area contributed by atoms with Crippen molar-refractivity contribution in [3.63, 3.8) is 0 Å². The third-order valence-electron chi connectivity index (χ3n) is 3.61. The second-order valence-corrected chi connectivity index (χ2v) is 5.39. The van der Waals surface area contributed by atoms with Crippen molar-refractivity contribution in [1.82, 2.24) is 10.2 Å². The van der Waals surface area contributed by atoms with Crippen LogP contribution in [-0.2, 0) is 6.54 Å². The van der Waals surface area contributed by atoms with Gasteiger partial charge in [0.05, 0.1) is 7.11 Å². The molecule has 1 aromatic carbocycles. The lowest BCUT2D eigenvalue weighted by atomic mass is 10.2. The van der Waals surface area contributed by atoms with Crippen LogP contribution in [0.5, 0.6) is 5.75 Å². The summed E-state index contributed by atoms with van der Waals surface area (Å²) >= 11 is 6.16. The van der Waals surface area contributed by atoms with Gasteiger partial charge in [-0.15, -0.1) is 0 Å². The van der Waals surface area contributed by atoms with Crippen molar-refractivity contribution < 1.29 is 9.53 Å². The number of hydrogen-bond acceptors (Lipinski definition) is 2. The van der Waals surface area contributed by atoms with Gasteiger partial charge in [0.15, 0.2) is 0 Å². The Morgan fingerprint density at radius 3 is 2.65 bits per heavy atom. The lowest BCUT2D eigenvalue weighted by Gasteiger charge is -2.21. The van der Waals surface area contributed by atoms with Crippen LogP contribution < -0.4 is 10.1 Å². The number of carbonyl (C=O) groups excluding carboxylic acids is 1. The van der Waals surface area contributed by atoms with E-state index in [2.05, 4.69) is 5.32 Å². The van der Waals surface area contributed by atoms with E-state index in [1.165, 1.54) is 12.8 Å². The van der Waals surface area contributed by atoms with Gasteiger partial charge in [0, 0.05) is 30.2 Å². The van der Waals surface area contributed by atoms with Gasteiger partial charge in [-0.3, -0.25) is 0 Å². The monoisotopic (exact) mass is 296 g/mol. The molecule has 1 N–H and O–H groups in total. The number of hydrogen-bond donors (Lipinski definition) is 1. The Bertz CT molecular complexity index is 457. The van der Waals surface area contributed by atoms with E-state index >= 15 is 0 Å². The first-order valence-electron chi connectivity index (χ1n) is 7.06. The van der Waals surface area contributed by atoms with E-state index in [9.17, 15) is 4.79 Å². The van der Waals surface area contributed by atoms with Gasteiger partial charge in [0.25, 0.3) is 0 Å². The molecule has 5 heteroatoms. The average molecular weight is 297 g/mol. The molecule has 0 aromatic heterocycles. The molecule has 20 heavy (non-hydrogen) atoms. The third-order valence-corrected chi connectivity index (χ3v) is 3.96. The molecule has 110 valence electrons. The molecule has 1 heterocycles. The lowest BCUT2D eigenvalue weighted by Crippen LogP contribution is -2.40. The standard InChI is InChI=1S/C15H21ClN2O2/c1-20-14-8-6-7-13(16)12(14)11-17-15(19)18-9-4-2-3-5-10-18/h6-8H,2-5,9-11H2,1H3,(H,17,19). The molecule has 0 saturated carbocycles. The van der Waals surface area contributed by atoms with Gasteiger partial charge in [-0.2, -0.15) is 0 Å². The van der Waals surface area contributed by atoms with Crippen LogP contribution in [0.1, 0.15) is 31.2 Å². The zero-order valence-corrected chi connectivity index (χ0v) is 12.6. The number of urea groups is 1. The van der Waals surface area contributed by atoms with Crippen molar-refractivity contribution in [3.05, 3.63) is 28.8 Å². The summed E-state index contributed by atoms with van der Waals surface area (Å²) in [7, 11) is 1.60. The molecule has 0 spiro atoms. The van der Waals surface area contributed by atoms with Gasteiger partial charge in [-0.1, -0.05) is 30.5 Å². The summed E-state index contributed by atoms with van der Waals surface area (Å²) in [5.41, 5.74) is 0.819. The van der Waals surface area contributed by atoms with E-state index < -0.39 is 0 Å². The van der Waals surface area contributed by atoms with Crippen LogP contribution >= 0.6 is 11.6 Å². The number of amides is 2. The number of benzene rings is 1. The molecular formula is C15H21ClN2O2. The maximum atomic E-state index is 12.2. The highest BCUT2D eigenvalue weighted by Crippen LogP contribution is 2.25. The normalized spacial score (nSPS) is 15.6. The van der Waals surface area contributed by atoms with Gasteiger partial charge in [-0.25, -0.2) is 4.79 Å². The maximum absolute atomic E-state index is 12.2. The van der Waals surface area contributed by atoms with E-state index in [0.717, 1.165) is 31.5 Å². The molecule has 2 amide bonds. The van der Waals surface area contributed by atoms with Crippen molar-refractivity contribution in [3.8, 4) is 5.75 Å². The molecule has 1 aliphatic rings. The summed E-state index contributed by atoms with van der Waals surface area (Å²) in [4.78, 5) is 14.1. The molecule has 0 bridgehead atoms. The van der Waals surface area contributed by atoms with Crippen LogP contribution in [0.2, 0.25) is 5.02 Å². The summed E-state index contributed by atoms with van der Waals surface area (Å²) in [6.07, 6.45) is 4.59. The number of carbonyl (C=O) groups is 1. The van der Waals surface area contributed by atoms with Crippen LogP contribution in [0, 0.1) is 0 Å². The second-order valence-electron chi connectivity index (χ2n) is 4.98. The molecule has 0 atom stereocenters. The van der Waals surface area contributed by atoms with E-state index in [4.69, 9.17) is 16.3 Å². The number of likely N-dealkylation sites (tertiary alicyclic amines) is 1. The fourth-order valence-electron chi connectivity index (χ4n) is 2.45. The number of nitrogens with zero attached hydrogens (tertiary/aromatic N) is 1. The molecule has 0 radical (unpaired) electrons. The van der Waals surface area contributed by atoms with Crippen molar-refractivity contribution in [2.45, 2.75) is 32.2 Å². The van der Waals surface area contributed by atoms with Gasteiger partial charge < -0.3 is 15.0 Å². The van der Waals surface area contributed by atoms with Crippen molar-refractivity contribution >= 4 is 17.6 Å². The Morgan fingerprint density at radius 2 is 2.00 bits per heavy atom. The second kappa shape index (κ2) is 7.39. The van der Waals surface area contributed by atoms with E-state index in [-0.39, 0.29) is 6.03 Å². The van der Waals surface area contributed by atoms with E-state index in [0.29, 0.717) is 17.3 Å². The molecule has 1 saturated heterocycles. The number of ether oxygens (including phenoxy) is 1. The first-order valence-corrected chi connectivity index (χ1v) is 7.44. The molecule has 0 aliphatic carbocycles. The minimum Gasteiger partial charge on any atom is -0.496 e. The lowest BCUT2D eigenvalue weighted by molar-refractivity contribution is 0.199. The first kappa shape index (κ1) is 15.0. The van der Waals surface area contributed by atoms with Crippen LogP contribution in [0.25, 0.3) is 0 Å². The number of methoxy groups -OCH3 is 1. The number of rotatable bonds is 3. The number of halogens is 1. The highest BCUT2D eigenvalue weighted by atomic mass is 35.5. The minimum atomic E-state index is -0.0196. The van der Waals surface area contributed by atoms with E-state index in [1.807, 2.05) is 17.0 Å². The fourth-order valence-corrected chi connectivity index (χ4v) is 2.68. The topological polar surface area (TPSA) is 41.6 Å². The predicted octanol–water partition coefficient (Wildman–Crippen LogP) is 3.43. The Labute approximate surface area is 125 Å². The minimum absolute atomic E-state index is 0.0196. The predicted molar refractivity (Wildman–Crippen MR) is 80.3 cm³/mol. The van der Waals surface area contributed by atoms with Crippen LogP contribution in [0.4, 0.5) is 4.79 Å². The molecule has 2 rings (SSSR count). The van der Waals surface area contributed by atoms with Gasteiger partial charge in [0.2, 0.25) is 0 Å². The van der Waals surface area contributed by atoms with Crippen LogP contribution in [0.15, 0.2) is 18.2 Å². The quantitative estimate of drug-likeness (QED) is 0.928. The van der Waals surface area contributed by atoms with Gasteiger partial charge >= 0.3 is 6.03 Å². The third kappa shape index (κ3) is 3.79. The fraction of sp³-hybridized carbons (Fsp3) is 0.533. The average Bonchev–Trinajstić information content (AvgIpc) is 2.74. The van der Waals surface area contributed by atoms with Crippen molar-refractivity contribution in [2.75, 3.05) is 20.2 Å². The molecule has 0 unspecified atom stereocenters. The zero-order valence-electron chi connectivity index (χ0n) is 11.8. The highest BCUT2D eigenvalue weighted by molar-refractivity contribution is 6.31. The molecule has 1 fully saturated rings. The highest BCUT2D eigenvalue weighted by Gasteiger charge is 2.16. The Morgan fingerprint density at radius 1 is 1.30 bits per heavy atom. The molecule has 1 aromatic rings. The van der Waals surface area contributed by atoms with Gasteiger partial charge in [-0.05, 0) is 25.0 Å². The SMILES string of the molecule is COc1cccc(Cl)c1CNC(=O)N1CCCCCC1. The maximum Gasteiger partial charge on any atom is 0.317 e. The summed E-state index contributed by atoms with van der Waals surface area (Å²) < 4.78 is 5.27. The zero-order chi connectivity index (χ0) is 14.4. The Hall–Kier alpha value is -1.42. The van der Waals surface area contributed by atoms with Crippen molar-refractivity contribution in [2.24, 2.45) is 0 Å². The summed E-state index contributed by atoms with van der Waals surface area (Å²) in [5.74, 6) is 0.702. The van der Waals surface area contributed by atoms with Gasteiger partial charge in [0.1, 0.15) is 5.75 Å². The summed E-state index contributed by atoms with van der Waals surface area (Å²) in [5, 5.41) is 3.55. The molecular weight excluding hydrogens is 276 g/mol. The number of nitrogens with one attached hydrogen (secondary N) is 1. The van der Waals surface area contributed by atoms with E-state index in [1.54, 1.807) is 13.2 Å². The van der Waals surface area contributed by atoms with Crippen molar-refractivity contribution in [1.29, 1.82) is 0 Å². The van der Waals surface area contributed by atoms with Crippen LogP contribution in [-0.4, -0.2) is 31.1 Å². The summed E-state index contributed by atoms with van der Waals surface area (Å²) in [6.45, 7) is 2.06. The smallest absolute Gasteiger partial charge is 0.317 e. The molecule has 1 aliphatic heterocycles. The Kier molecular flexibility index (Phi) is 5.53. The molecule has 4 nitrogen and oxygen atoms in total. The summed E-state index contributed by atoms with van der Waals surface area (Å²) in [6, 6.07) is 5.46. The first-order chi connectivity index (χ1) is 9.72. The Balaban J connectivity index is 1.96. The largest absolute Gasteiger partial charge is 0.496 e.